The topological polar surface area (TPSA) is 43.8 Å². The first-order valence-electron chi connectivity index (χ1n) is 4.55. The summed E-state index contributed by atoms with van der Waals surface area (Å²) in [6.07, 6.45) is 4.30. The zero-order valence-corrected chi connectivity index (χ0v) is 7.45. The number of hydrogen-bond acceptors (Lipinski definition) is 2. The van der Waals surface area contributed by atoms with Gasteiger partial charge >= 0.3 is 0 Å². The summed E-state index contributed by atoms with van der Waals surface area (Å²) in [6.45, 7) is 3.98. The van der Waals surface area contributed by atoms with Crippen LogP contribution in [0.5, 0.6) is 0 Å². The van der Waals surface area contributed by atoms with Crippen molar-refractivity contribution in [1.82, 2.24) is 9.78 Å². The molecule has 0 radical (unpaired) electrons. The highest BCUT2D eigenvalue weighted by Gasteiger charge is 2.18. The Hall–Kier alpha value is -0.830. The second kappa shape index (κ2) is 2.90. The molecule has 12 heavy (non-hydrogen) atoms. The Balaban J connectivity index is 2.34. The monoisotopic (exact) mass is 165 g/mol. The molecule has 0 aliphatic carbocycles. The highest BCUT2D eigenvalue weighted by Crippen LogP contribution is 2.21. The third-order valence-electron chi connectivity index (χ3n) is 2.63. The Morgan fingerprint density at radius 2 is 2.58 bits per heavy atom. The number of aryl methyl sites for hydroxylation is 1. The maximum atomic E-state index is 5.61. The van der Waals surface area contributed by atoms with Gasteiger partial charge in [-0.25, -0.2) is 0 Å². The Morgan fingerprint density at radius 3 is 3.33 bits per heavy atom. The van der Waals surface area contributed by atoms with Crippen molar-refractivity contribution >= 4 is 0 Å². The number of rotatable bonds is 1. The van der Waals surface area contributed by atoms with Gasteiger partial charge in [-0.1, -0.05) is 6.92 Å². The van der Waals surface area contributed by atoms with E-state index in [4.69, 9.17) is 5.73 Å². The van der Waals surface area contributed by atoms with E-state index in [2.05, 4.69) is 16.7 Å². The maximum Gasteiger partial charge on any atom is 0.0537 e. The highest BCUT2D eigenvalue weighted by molar-refractivity contribution is 5.19. The Kier molecular flexibility index (Phi) is 1.89. The average molecular weight is 165 g/mol. The molecule has 0 saturated heterocycles. The molecule has 1 aliphatic rings. The summed E-state index contributed by atoms with van der Waals surface area (Å²) < 4.78 is 2.10. The van der Waals surface area contributed by atoms with Crippen LogP contribution >= 0.6 is 0 Å². The van der Waals surface area contributed by atoms with Crippen molar-refractivity contribution in [3.8, 4) is 0 Å². The molecule has 1 atom stereocenters. The van der Waals surface area contributed by atoms with Crippen LogP contribution in [-0.2, 0) is 19.5 Å². The lowest BCUT2D eigenvalue weighted by atomic mass is 9.96. The zero-order chi connectivity index (χ0) is 8.55. The van der Waals surface area contributed by atoms with Gasteiger partial charge in [0.25, 0.3) is 0 Å². The van der Waals surface area contributed by atoms with Crippen molar-refractivity contribution in [2.24, 2.45) is 11.7 Å². The standard InChI is InChI=1S/C9H15N3/c1-7-2-3-12-9(4-7)8(5-10)6-11-12/h6-7H,2-5,10H2,1H3. The van der Waals surface area contributed by atoms with E-state index < -0.39 is 0 Å². The predicted molar refractivity (Wildman–Crippen MR) is 47.6 cm³/mol. The first-order valence-corrected chi connectivity index (χ1v) is 4.55. The van der Waals surface area contributed by atoms with Crippen LogP contribution in [-0.4, -0.2) is 9.78 Å². The molecular formula is C9H15N3. The molecule has 0 saturated carbocycles. The Labute approximate surface area is 72.6 Å². The van der Waals surface area contributed by atoms with Crippen LogP contribution in [0.2, 0.25) is 0 Å². The van der Waals surface area contributed by atoms with Crippen molar-refractivity contribution in [3.05, 3.63) is 17.5 Å². The summed E-state index contributed by atoms with van der Waals surface area (Å²) in [5.41, 5.74) is 8.19. The van der Waals surface area contributed by atoms with Crippen LogP contribution < -0.4 is 5.73 Å². The van der Waals surface area contributed by atoms with E-state index in [-0.39, 0.29) is 0 Å². The fourth-order valence-electron chi connectivity index (χ4n) is 1.82. The van der Waals surface area contributed by atoms with Gasteiger partial charge in [0.15, 0.2) is 0 Å². The van der Waals surface area contributed by atoms with Crippen LogP contribution in [0.1, 0.15) is 24.6 Å². The van der Waals surface area contributed by atoms with Gasteiger partial charge in [-0.3, -0.25) is 4.68 Å². The quantitative estimate of drug-likeness (QED) is 0.672. The molecule has 0 amide bonds. The smallest absolute Gasteiger partial charge is 0.0537 e. The SMILES string of the molecule is CC1CCn2ncc(CN)c2C1. The largest absolute Gasteiger partial charge is 0.326 e. The number of aromatic nitrogens is 2. The van der Waals surface area contributed by atoms with Gasteiger partial charge in [-0.15, -0.1) is 0 Å². The lowest BCUT2D eigenvalue weighted by molar-refractivity contribution is 0.390. The van der Waals surface area contributed by atoms with Crippen LogP contribution in [0.25, 0.3) is 0 Å². The molecule has 1 aromatic rings. The van der Waals surface area contributed by atoms with Gasteiger partial charge in [0.1, 0.15) is 0 Å². The Bertz CT molecular complexity index is 264. The molecule has 3 nitrogen and oxygen atoms in total. The summed E-state index contributed by atoms with van der Waals surface area (Å²) in [5, 5.41) is 4.30. The minimum atomic E-state index is 0.627. The fraction of sp³-hybridized carbons (Fsp3) is 0.667. The number of nitrogens with two attached hydrogens (primary N) is 1. The van der Waals surface area contributed by atoms with Crippen molar-refractivity contribution in [2.45, 2.75) is 32.9 Å². The van der Waals surface area contributed by atoms with Gasteiger partial charge in [-0.05, 0) is 18.8 Å². The summed E-state index contributed by atoms with van der Waals surface area (Å²) in [4.78, 5) is 0. The van der Waals surface area contributed by atoms with Crippen LogP contribution in [0.4, 0.5) is 0 Å². The molecular weight excluding hydrogens is 150 g/mol. The molecule has 2 heterocycles. The summed E-state index contributed by atoms with van der Waals surface area (Å²) >= 11 is 0. The van der Waals surface area contributed by atoms with E-state index in [1.807, 2.05) is 6.20 Å². The fourth-order valence-corrected chi connectivity index (χ4v) is 1.82. The molecule has 3 heteroatoms. The predicted octanol–water partition coefficient (Wildman–Crippen LogP) is 0.924. The second-order valence-electron chi connectivity index (χ2n) is 3.64. The van der Waals surface area contributed by atoms with Gasteiger partial charge in [0.05, 0.1) is 6.20 Å². The molecule has 0 aromatic carbocycles. The lowest BCUT2D eigenvalue weighted by Gasteiger charge is -2.20. The molecule has 1 aromatic heterocycles. The number of nitrogens with zero attached hydrogens (tertiary/aromatic N) is 2. The number of hydrogen-bond donors (Lipinski definition) is 1. The van der Waals surface area contributed by atoms with Gasteiger partial charge < -0.3 is 5.73 Å². The van der Waals surface area contributed by atoms with Gasteiger partial charge in [-0.2, -0.15) is 5.10 Å². The first-order chi connectivity index (χ1) is 5.81. The molecule has 66 valence electrons. The Morgan fingerprint density at radius 1 is 1.75 bits per heavy atom. The zero-order valence-electron chi connectivity index (χ0n) is 7.45. The van der Waals surface area contributed by atoms with E-state index in [1.54, 1.807) is 0 Å². The normalized spacial score (nSPS) is 22.3. The van der Waals surface area contributed by atoms with E-state index in [0.29, 0.717) is 6.54 Å². The highest BCUT2D eigenvalue weighted by atomic mass is 15.3. The summed E-state index contributed by atoms with van der Waals surface area (Å²) in [7, 11) is 0. The van der Waals surface area contributed by atoms with E-state index in [0.717, 1.165) is 18.9 Å². The molecule has 0 spiro atoms. The second-order valence-corrected chi connectivity index (χ2v) is 3.64. The summed E-state index contributed by atoms with van der Waals surface area (Å²) in [5.74, 6) is 0.791. The molecule has 2 N–H and O–H groups in total. The molecule has 1 unspecified atom stereocenters. The van der Waals surface area contributed by atoms with E-state index >= 15 is 0 Å². The van der Waals surface area contributed by atoms with E-state index in [9.17, 15) is 0 Å². The van der Waals surface area contributed by atoms with Crippen LogP contribution in [0.15, 0.2) is 6.20 Å². The van der Waals surface area contributed by atoms with Crippen LogP contribution in [0.3, 0.4) is 0 Å². The minimum Gasteiger partial charge on any atom is -0.326 e. The third-order valence-corrected chi connectivity index (χ3v) is 2.63. The molecule has 0 bridgehead atoms. The third kappa shape index (κ3) is 1.14. The molecule has 2 rings (SSSR count). The first kappa shape index (κ1) is 7.80. The minimum absolute atomic E-state index is 0.627. The average Bonchev–Trinajstić information content (AvgIpc) is 2.46. The van der Waals surface area contributed by atoms with Crippen molar-refractivity contribution in [1.29, 1.82) is 0 Å². The molecule has 1 aliphatic heterocycles. The van der Waals surface area contributed by atoms with Crippen molar-refractivity contribution in [2.75, 3.05) is 0 Å². The van der Waals surface area contributed by atoms with Gasteiger partial charge in [0.2, 0.25) is 0 Å². The summed E-state index contributed by atoms with van der Waals surface area (Å²) in [6, 6.07) is 0. The molecule has 0 fully saturated rings. The van der Waals surface area contributed by atoms with Crippen LogP contribution in [0, 0.1) is 5.92 Å². The van der Waals surface area contributed by atoms with Crippen molar-refractivity contribution in [3.63, 3.8) is 0 Å². The van der Waals surface area contributed by atoms with E-state index in [1.165, 1.54) is 17.7 Å². The lowest BCUT2D eigenvalue weighted by Crippen LogP contribution is -2.19. The maximum absolute atomic E-state index is 5.61. The number of fused-ring (bicyclic) bond motifs is 1. The van der Waals surface area contributed by atoms with Gasteiger partial charge in [0, 0.05) is 24.3 Å². The van der Waals surface area contributed by atoms with Crippen molar-refractivity contribution < 1.29 is 0 Å².